The fourth-order valence-corrected chi connectivity index (χ4v) is 3.51. The average molecular weight is 404 g/mol. The third kappa shape index (κ3) is 3.43. The molecule has 3 heterocycles. The second-order valence-corrected chi connectivity index (χ2v) is 7.25. The maximum absolute atomic E-state index is 6.15. The molecule has 0 radical (unpaired) electrons. The SMILES string of the molecule is Clc1ccc(C(Nc2cc(Br)cnc2Cl)c2ccco2)s1. The Bertz CT molecular complexity index is 745. The van der Waals surface area contributed by atoms with Crippen LogP contribution < -0.4 is 5.32 Å². The Kier molecular flexibility index (Phi) is 4.54. The van der Waals surface area contributed by atoms with Gasteiger partial charge in [0.15, 0.2) is 5.15 Å². The molecule has 21 heavy (non-hydrogen) atoms. The van der Waals surface area contributed by atoms with Crippen LogP contribution in [0.1, 0.15) is 16.7 Å². The highest BCUT2D eigenvalue weighted by Crippen LogP contribution is 2.35. The largest absolute Gasteiger partial charge is 0.467 e. The van der Waals surface area contributed by atoms with E-state index in [1.54, 1.807) is 12.5 Å². The van der Waals surface area contributed by atoms with Crippen molar-refractivity contribution >= 4 is 56.2 Å². The minimum absolute atomic E-state index is 0.175. The summed E-state index contributed by atoms with van der Waals surface area (Å²) in [7, 11) is 0. The first-order valence-electron chi connectivity index (χ1n) is 5.99. The summed E-state index contributed by atoms with van der Waals surface area (Å²) in [5.74, 6) is 0.782. The number of anilines is 1. The van der Waals surface area contributed by atoms with Crippen LogP contribution in [0.2, 0.25) is 9.49 Å². The van der Waals surface area contributed by atoms with Crippen molar-refractivity contribution in [1.82, 2.24) is 4.98 Å². The van der Waals surface area contributed by atoms with Gasteiger partial charge in [-0.05, 0) is 46.3 Å². The van der Waals surface area contributed by atoms with Crippen molar-refractivity contribution in [2.24, 2.45) is 0 Å². The molecule has 3 aromatic heterocycles. The monoisotopic (exact) mass is 402 g/mol. The fourth-order valence-electron chi connectivity index (χ4n) is 1.90. The Balaban J connectivity index is 1.98. The molecule has 0 spiro atoms. The fraction of sp³-hybridized carbons (Fsp3) is 0.0714. The van der Waals surface area contributed by atoms with E-state index < -0.39 is 0 Å². The van der Waals surface area contributed by atoms with Gasteiger partial charge in [0, 0.05) is 15.5 Å². The second-order valence-electron chi connectivity index (χ2n) is 4.23. The van der Waals surface area contributed by atoms with E-state index in [-0.39, 0.29) is 6.04 Å². The minimum atomic E-state index is -0.175. The molecule has 0 amide bonds. The summed E-state index contributed by atoms with van der Waals surface area (Å²) < 4.78 is 7.10. The summed E-state index contributed by atoms with van der Waals surface area (Å²) in [5, 5.41) is 3.75. The van der Waals surface area contributed by atoms with E-state index in [2.05, 4.69) is 26.2 Å². The van der Waals surface area contributed by atoms with Gasteiger partial charge in [-0.15, -0.1) is 11.3 Å². The Morgan fingerprint density at radius 3 is 2.81 bits per heavy atom. The zero-order valence-electron chi connectivity index (χ0n) is 10.5. The summed E-state index contributed by atoms with van der Waals surface area (Å²) in [4.78, 5) is 5.15. The molecule has 7 heteroatoms. The van der Waals surface area contributed by atoms with Crippen LogP contribution in [0.15, 0.2) is 51.7 Å². The third-order valence-electron chi connectivity index (χ3n) is 2.81. The zero-order chi connectivity index (χ0) is 14.8. The summed E-state index contributed by atoms with van der Waals surface area (Å²) in [6.07, 6.45) is 3.29. The Morgan fingerprint density at radius 2 is 2.14 bits per heavy atom. The van der Waals surface area contributed by atoms with Gasteiger partial charge in [0.1, 0.15) is 11.8 Å². The van der Waals surface area contributed by atoms with Crippen molar-refractivity contribution in [3.63, 3.8) is 0 Å². The molecular formula is C14H9BrCl2N2OS. The first-order chi connectivity index (χ1) is 10.1. The summed E-state index contributed by atoms with van der Waals surface area (Å²) in [6.45, 7) is 0. The van der Waals surface area contributed by atoms with Crippen molar-refractivity contribution in [1.29, 1.82) is 0 Å². The molecule has 3 nitrogen and oxygen atoms in total. The van der Waals surface area contributed by atoms with Crippen LogP contribution in [0.25, 0.3) is 0 Å². The third-order valence-corrected chi connectivity index (χ3v) is 4.84. The lowest BCUT2D eigenvalue weighted by Gasteiger charge is -2.17. The Labute approximate surface area is 144 Å². The molecule has 1 N–H and O–H groups in total. The van der Waals surface area contributed by atoms with Crippen LogP contribution in [0.4, 0.5) is 5.69 Å². The van der Waals surface area contributed by atoms with E-state index in [4.69, 9.17) is 27.6 Å². The quantitative estimate of drug-likeness (QED) is 0.542. The second kappa shape index (κ2) is 6.40. The molecule has 0 aromatic carbocycles. The van der Waals surface area contributed by atoms with Gasteiger partial charge in [-0.1, -0.05) is 23.2 Å². The van der Waals surface area contributed by atoms with Crippen LogP contribution in [0.5, 0.6) is 0 Å². The van der Waals surface area contributed by atoms with Gasteiger partial charge in [0.05, 0.1) is 16.3 Å². The molecule has 0 saturated heterocycles. The molecule has 0 aliphatic rings. The number of rotatable bonds is 4. The Morgan fingerprint density at radius 1 is 1.29 bits per heavy atom. The predicted molar refractivity (Wildman–Crippen MR) is 90.4 cm³/mol. The standard InChI is InChI=1S/C14H9BrCl2N2OS/c15-8-6-9(14(17)18-7-8)19-13(10-2-1-5-20-10)11-3-4-12(16)21-11/h1-7,13,19H. The highest BCUT2D eigenvalue weighted by molar-refractivity contribution is 9.10. The van der Waals surface area contributed by atoms with E-state index in [0.29, 0.717) is 5.15 Å². The number of halogens is 3. The lowest BCUT2D eigenvalue weighted by molar-refractivity contribution is 0.501. The van der Waals surface area contributed by atoms with Crippen molar-refractivity contribution in [3.8, 4) is 0 Å². The summed E-state index contributed by atoms with van der Waals surface area (Å²) in [6, 6.07) is 9.28. The number of nitrogens with one attached hydrogen (secondary N) is 1. The van der Waals surface area contributed by atoms with E-state index in [1.165, 1.54) is 11.3 Å². The summed E-state index contributed by atoms with van der Waals surface area (Å²) >= 11 is 17.1. The number of nitrogens with zero attached hydrogens (tertiary/aromatic N) is 1. The molecule has 0 saturated carbocycles. The minimum Gasteiger partial charge on any atom is -0.467 e. The lowest BCUT2D eigenvalue weighted by Crippen LogP contribution is -2.10. The maximum atomic E-state index is 6.15. The molecule has 108 valence electrons. The molecule has 0 aliphatic heterocycles. The van der Waals surface area contributed by atoms with Gasteiger partial charge >= 0.3 is 0 Å². The van der Waals surface area contributed by atoms with Crippen molar-refractivity contribution in [2.75, 3.05) is 5.32 Å². The molecule has 0 aliphatic carbocycles. The maximum Gasteiger partial charge on any atom is 0.152 e. The molecule has 3 aromatic rings. The van der Waals surface area contributed by atoms with Crippen molar-refractivity contribution in [3.05, 3.63) is 67.4 Å². The van der Waals surface area contributed by atoms with Gasteiger partial charge < -0.3 is 9.73 Å². The summed E-state index contributed by atoms with van der Waals surface area (Å²) in [5.41, 5.74) is 0.719. The Hall–Kier alpha value is -1.01. The highest BCUT2D eigenvalue weighted by atomic mass is 79.9. The van der Waals surface area contributed by atoms with Gasteiger partial charge in [0.2, 0.25) is 0 Å². The van der Waals surface area contributed by atoms with Crippen LogP contribution in [0.3, 0.4) is 0 Å². The van der Waals surface area contributed by atoms with E-state index in [1.807, 2.05) is 30.3 Å². The normalized spacial score (nSPS) is 12.3. The first kappa shape index (κ1) is 14.9. The van der Waals surface area contributed by atoms with Gasteiger partial charge in [-0.2, -0.15) is 0 Å². The van der Waals surface area contributed by atoms with E-state index in [9.17, 15) is 0 Å². The van der Waals surface area contributed by atoms with Crippen LogP contribution in [0, 0.1) is 0 Å². The van der Waals surface area contributed by atoms with E-state index >= 15 is 0 Å². The van der Waals surface area contributed by atoms with Gasteiger partial charge in [0.25, 0.3) is 0 Å². The number of thiophene rings is 1. The zero-order valence-corrected chi connectivity index (χ0v) is 14.4. The van der Waals surface area contributed by atoms with Gasteiger partial charge in [-0.3, -0.25) is 0 Å². The molecule has 1 atom stereocenters. The number of furan rings is 1. The molecule has 1 unspecified atom stereocenters. The van der Waals surface area contributed by atoms with Crippen molar-refractivity contribution in [2.45, 2.75) is 6.04 Å². The van der Waals surface area contributed by atoms with E-state index in [0.717, 1.165) is 25.1 Å². The topological polar surface area (TPSA) is 38.1 Å². The first-order valence-corrected chi connectivity index (χ1v) is 8.36. The smallest absolute Gasteiger partial charge is 0.152 e. The molecule has 0 fully saturated rings. The van der Waals surface area contributed by atoms with Crippen LogP contribution in [-0.2, 0) is 0 Å². The van der Waals surface area contributed by atoms with Gasteiger partial charge in [-0.25, -0.2) is 4.98 Å². The number of aromatic nitrogens is 1. The van der Waals surface area contributed by atoms with Crippen molar-refractivity contribution < 1.29 is 4.42 Å². The van der Waals surface area contributed by atoms with Crippen LogP contribution >= 0.6 is 50.5 Å². The number of hydrogen-bond donors (Lipinski definition) is 1. The average Bonchev–Trinajstić information content (AvgIpc) is 3.11. The molecular weight excluding hydrogens is 395 g/mol. The molecule has 3 rings (SSSR count). The highest BCUT2D eigenvalue weighted by Gasteiger charge is 2.20. The molecule has 0 bridgehead atoms. The predicted octanol–water partition coefficient (Wildman–Crippen LogP) is 6.01. The number of pyridine rings is 1. The van der Waals surface area contributed by atoms with Crippen LogP contribution in [-0.4, -0.2) is 4.98 Å². The number of hydrogen-bond acceptors (Lipinski definition) is 4. The lowest BCUT2D eigenvalue weighted by atomic mass is 10.2.